The van der Waals surface area contributed by atoms with Crippen molar-refractivity contribution in [2.75, 3.05) is 13.7 Å². The Hall–Kier alpha value is -1.29. The van der Waals surface area contributed by atoms with Crippen LogP contribution in [-0.4, -0.2) is 19.7 Å². The normalized spacial score (nSPS) is 9.87. The summed E-state index contributed by atoms with van der Waals surface area (Å²) < 4.78 is 22.8. The molecule has 0 atom stereocenters. The van der Waals surface area contributed by atoms with Crippen LogP contribution in [0.4, 0.5) is 4.39 Å². The summed E-state index contributed by atoms with van der Waals surface area (Å²) in [5, 5.41) is 0.179. The summed E-state index contributed by atoms with van der Waals surface area (Å²) in [6, 6.07) is 2.26. The third kappa shape index (κ3) is 2.59. The highest BCUT2D eigenvalue weighted by Gasteiger charge is 2.15. The standard InChI is InChI=1S/C10H10ClFO3/c1-3-15-9-5-8(12)6(4-7(9)11)10(13)14-2/h4-5H,3H2,1-2H3. The highest BCUT2D eigenvalue weighted by Crippen LogP contribution is 2.28. The summed E-state index contributed by atoms with van der Waals surface area (Å²) in [4.78, 5) is 11.1. The number of carbonyl (C=O) groups is 1. The van der Waals surface area contributed by atoms with Gasteiger partial charge in [-0.05, 0) is 13.0 Å². The maximum Gasteiger partial charge on any atom is 0.340 e. The van der Waals surface area contributed by atoms with Gasteiger partial charge in [0.1, 0.15) is 11.6 Å². The Balaban J connectivity index is 3.13. The number of rotatable bonds is 3. The zero-order chi connectivity index (χ0) is 11.4. The first-order valence-corrected chi connectivity index (χ1v) is 4.68. The van der Waals surface area contributed by atoms with Crippen LogP contribution in [0.3, 0.4) is 0 Å². The number of ether oxygens (including phenoxy) is 2. The van der Waals surface area contributed by atoms with Crippen LogP contribution in [0.1, 0.15) is 17.3 Å². The number of esters is 1. The van der Waals surface area contributed by atoms with Crippen molar-refractivity contribution in [2.45, 2.75) is 6.92 Å². The lowest BCUT2D eigenvalue weighted by atomic mass is 10.2. The second-order valence-corrected chi connectivity index (χ2v) is 3.09. The lowest BCUT2D eigenvalue weighted by Gasteiger charge is -2.07. The first-order valence-electron chi connectivity index (χ1n) is 4.30. The molecule has 0 radical (unpaired) electrons. The van der Waals surface area contributed by atoms with Crippen molar-refractivity contribution in [3.05, 3.63) is 28.5 Å². The second-order valence-electron chi connectivity index (χ2n) is 2.69. The second kappa shape index (κ2) is 4.98. The largest absolute Gasteiger partial charge is 0.492 e. The fourth-order valence-corrected chi connectivity index (χ4v) is 1.28. The highest BCUT2D eigenvalue weighted by atomic mass is 35.5. The zero-order valence-corrected chi connectivity index (χ0v) is 9.10. The molecule has 3 nitrogen and oxygen atoms in total. The van der Waals surface area contributed by atoms with Gasteiger partial charge in [0, 0.05) is 6.07 Å². The van der Waals surface area contributed by atoms with Crippen LogP contribution >= 0.6 is 11.6 Å². The molecular weight excluding hydrogens is 223 g/mol. The molecule has 1 rings (SSSR count). The molecule has 0 saturated heterocycles. The number of halogens is 2. The molecule has 0 fully saturated rings. The van der Waals surface area contributed by atoms with Crippen LogP contribution < -0.4 is 4.74 Å². The van der Waals surface area contributed by atoms with Gasteiger partial charge in [-0.25, -0.2) is 9.18 Å². The van der Waals surface area contributed by atoms with Gasteiger partial charge >= 0.3 is 5.97 Å². The lowest BCUT2D eigenvalue weighted by molar-refractivity contribution is 0.0595. The topological polar surface area (TPSA) is 35.5 Å². The molecule has 0 aromatic heterocycles. The fourth-order valence-electron chi connectivity index (χ4n) is 1.06. The van der Waals surface area contributed by atoms with E-state index in [-0.39, 0.29) is 16.3 Å². The average molecular weight is 233 g/mol. The molecule has 0 aliphatic rings. The van der Waals surface area contributed by atoms with Gasteiger partial charge in [-0.15, -0.1) is 0 Å². The van der Waals surface area contributed by atoms with Crippen molar-refractivity contribution >= 4 is 17.6 Å². The summed E-state index contributed by atoms with van der Waals surface area (Å²) in [6.07, 6.45) is 0. The Labute approximate surface area is 91.7 Å². The van der Waals surface area contributed by atoms with Crippen LogP contribution in [0, 0.1) is 5.82 Å². The third-order valence-electron chi connectivity index (χ3n) is 1.73. The zero-order valence-electron chi connectivity index (χ0n) is 8.34. The summed E-state index contributed by atoms with van der Waals surface area (Å²) in [5.41, 5.74) is -0.203. The molecule has 5 heteroatoms. The average Bonchev–Trinajstić information content (AvgIpc) is 2.22. The van der Waals surface area contributed by atoms with Gasteiger partial charge in [0.25, 0.3) is 0 Å². The smallest absolute Gasteiger partial charge is 0.340 e. The quantitative estimate of drug-likeness (QED) is 0.752. The first-order chi connectivity index (χ1) is 7.10. The molecular formula is C10H10ClFO3. The van der Waals surface area contributed by atoms with E-state index in [1.165, 1.54) is 13.2 Å². The molecule has 0 heterocycles. The molecule has 0 unspecified atom stereocenters. The number of benzene rings is 1. The van der Waals surface area contributed by atoms with E-state index in [1.54, 1.807) is 6.92 Å². The molecule has 1 aromatic carbocycles. The summed E-state index contributed by atoms with van der Waals surface area (Å²) in [6.45, 7) is 2.12. The van der Waals surface area contributed by atoms with Gasteiger partial charge in [-0.2, -0.15) is 0 Å². The minimum absolute atomic E-state index is 0.179. The van der Waals surface area contributed by atoms with E-state index in [9.17, 15) is 9.18 Å². The Morgan fingerprint density at radius 3 is 2.73 bits per heavy atom. The molecule has 0 aliphatic carbocycles. The molecule has 0 aliphatic heterocycles. The van der Waals surface area contributed by atoms with E-state index < -0.39 is 11.8 Å². The Kier molecular flexibility index (Phi) is 3.91. The fraction of sp³-hybridized carbons (Fsp3) is 0.300. The Morgan fingerprint density at radius 2 is 2.20 bits per heavy atom. The van der Waals surface area contributed by atoms with E-state index in [1.807, 2.05) is 0 Å². The minimum atomic E-state index is -0.766. The molecule has 15 heavy (non-hydrogen) atoms. The molecule has 0 amide bonds. The number of hydrogen-bond acceptors (Lipinski definition) is 3. The predicted molar refractivity (Wildman–Crippen MR) is 53.9 cm³/mol. The van der Waals surface area contributed by atoms with E-state index >= 15 is 0 Å². The Bertz CT molecular complexity index is 379. The van der Waals surface area contributed by atoms with E-state index in [2.05, 4.69) is 4.74 Å². The van der Waals surface area contributed by atoms with Crippen molar-refractivity contribution in [3.63, 3.8) is 0 Å². The maximum atomic E-state index is 13.4. The van der Waals surface area contributed by atoms with Crippen LogP contribution in [0.15, 0.2) is 12.1 Å². The lowest BCUT2D eigenvalue weighted by Crippen LogP contribution is -2.05. The van der Waals surface area contributed by atoms with Crippen molar-refractivity contribution < 1.29 is 18.7 Å². The molecule has 1 aromatic rings. The first kappa shape index (κ1) is 11.8. The number of methoxy groups -OCH3 is 1. The number of carbonyl (C=O) groups excluding carboxylic acids is 1. The molecule has 0 saturated carbocycles. The SMILES string of the molecule is CCOc1cc(F)c(C(=O)OC)cc1Cl. The van der Waals surface area contributed by atoms with E-state index in [0.29, 0.717) is 6.61 Å². The minimum Gasteiger partial charge on any atom is -0.492 e. The Morgan fingerprint density at radius 1 is 1.53 bits per heavy atom. The third-order valence-corrected chi connectivity index (χ3v) is 2.02. The van der Waals surface area contributed by atoms with Crippen LogP contribution in [-0.2, 0) is 4.74 Å². The van der Waals surface area contributed by atoms with Gasteiger partial charge in [0.2, 0.25) is 0 Å². The van der Waals surface area contributed by atoms with E-state index in [4.69, 9.17) is 16.3 Å². The maximum absolute atomic E-state index is 13.4. The van der Waals surface area contributed by atoms with Gasteiger partial charge < -0.3 is 9.47 Å². The van der Waals surface area contributed by atoms with Gasteiger partial charge in [-0.3, -0.25) is 0 Å². The van der Waals surface area contributed by atoms with Gasteiger partial charge in [0.15, 0.2) is 0 Å². The molecule has 82 valence electrons. The van der Waals surface area contributed by atoms with Crippen LogP contribution in [0.5, 0.6) is 5.75 Å². The van der Waals surface area contributed by atoms with Gasteiger partial charge in [-0.1, -0.05) is 11.6 Å². The highest BCUT2D eigenvalue weighted by molar-refractivity contribution is 6.32. The molecule has 0 N–H and O–H groups in total. The number of hydrogen-bond donors (Lipinski definition) is 0. The summed E-state index contributed by atoms with van der Waals surface area (Å²) in [5.74, 6) is -1.27. The van der Waals surface area contributed by atoms with Crippen LogP contribution in [0.2, 0.25) is 5.02 Å². The van der Waals surface area contributed by atoms with Crippen molar-refractivity contribution in [1.82, 2.24) is 0 Å². The van der Waals surface area contributed by atoms with Gasteiger partial charge in [0.05, 0.1) is 24.3 Å². The van der Waals surface area contributed by atoms with Crippen molar-refractivity contribution in [3.8, 4) is 5.75 Å². The van der Waals surface area contributed by atoms with Crippen LogP contribution in [0.25, 0.3) is 0 Å². The van der Waals surface area contributed by atoms with Crippen molar-refractivity contribution in [2.24, 2.45) is 0 Å². The monoisotopic (exact) mass is 232 g/mol. The summed E-state index contributed by atoms with van der Waals surface area (Å²) >= 11 is 5.78. The molecule has 0 spiro atoms. The molecule has 0 bridgehead atoms. The van der Waals surface area contributed by atoms with Crippen molar-refractivity contribution in [1.29, 1.82) is 0 Å². The predicted octanol–water partition coefficient (Wildman–Crippen LogP) is 2.66. The summed E-state index contributed by atoms with van der Waals surface area (Å²) in [7, 11) is 1.17. The van der Waals surface area contributed by atoms with E-state index in [0.717, 1.165) is 6.07 Å².